The van der Waals surface area contributed by atoms with Crippen LogP contribution in [0.5, 0.6) is 0 Å². The van der Waals surface area contributed by atoms with Gasteiger partial charge in [-0.3, -0.25) is 9.59 Å². The molecule has 0 atom stereocenters. The van der Waals surface area contributed by atoms with Crippen molar-refractivity contribution in [3.63, 3.8) is 0 Å². The molecule has 0 saturated heterocycles. The number of hydrogen-bond donors (Lipinski definition) is 3. The smallest absolute Gasteiger partial charge is 0.337 e. The van der Waals surface area contributed by atoms with E-state index in [1.165, 1.54) is 7.11 Å². The molecule has 4 rings (SSSR count). The van der Waals surface area contributed by atoms with Gasteiger partial charge in [0.1, 0.15) is 0 Å². The van der Waals surface area contributed by atoms with Gasteiger partial charge in [0.05, 0.1) is 29.6 Å². The van der Waals surface area contributed by atoms with Crippen molar-refractivity contribution < 1.29 is 19.1 Å². The number of ether oxygens (including phenoxy) is 1. The van der Waals surface area contributed by atoms with E-state index >= 15 is 0 Å². The van der Waals surface area contributed by atoms with Crippen molar-refractivity contribution in [3.8, 4) is 0 Å². The van der Waals surface area contributed by atoms with Crippen molar-refractivity contribution in [2.45, 2.75) is 6.54 Å². The summed E-state index contributed by atoms with van der Waals surface area (Å²) in [4.78, 5) is 39.2. The molecule has 0 bridgehead atoms. The average Bonchev–Trinajstić information content (AvgIpc) is 3.17. The minimum Gasteiger partial charge on any atom is -0.465 e. The van der Waals surface area contributed by atoms with Crippen molar-refractivity contribution in [2.24, 2.45) is 5.73 Å². The lowest BCUT2D eigenvalue weighted by Crippen LogP contribution is -2.19. The minimum atomic E-state index is -0.529. The zero-order valence-corrected chi connectivity index (χ0v) is 19.7. The van der Waals surface area contributed by atoms with Crippen LogP contribution in [-0.4, -0.2) is 43.9 Å². The lowest BCUT2D eigenvalue weighted by atomic mass is 9.98. The van der Waals surface area contributed by atoms with Crippen LogP contribution in [0.4, 0.5) is 11.4 Å². The van der Waals surface area contributed by atoms with E-state index in [1.807, 2.05) is 61.5 Å². The van der Waals surface area contributed by atoms with E-state index in [0.29, 0.717) is 45.9 Å². The molecule has 1 aliphatic heterocycles. The number of rotatable bonds is 7. The molecule has 0 saturated carbocycles. The van der Waals surface area contributed by atoms with Crippen LogP contribution in [0.2, 0.25) is 0 Å². The van der Waals surface area contributed by atoms with Crippen molar-refractivity contribution in [3.05, 3.63) is 94.5 Å². The molecule has 0 aromatic heterocycles. The van der Waals surface area contributed by atoms with Crippen LogP contribution in [0.1, 0.15) is 37.4 Å². The molecule has 0 aliphatic carbocycles. The van der Waals surface area contributed by atoms with Gasteiger partial charge in [-0.2, -0.15) is 0 Å². The van der Waals surface area contributed by atoms with E-state index in [-0.39, 0.29) is 5.91 Å². The third-order valence-electron chi connectivity index (χ3n) is 5.63. The number of hydrogen-bond acceptors (Lipinski definition) is 6. The van der Waals surface area contributed by atoms with Gasteiger partial charge in [-0.05, 0) is 49.5 Å². The largest absolute Gasteiger partial charge is 0.465 e. The lowest BCUT2D eigenvalue weighted by molar-refractivity contribution is -0.110. The number of benzene rings is 3. The van der Waals surface area contributed by atoms with E-state index in [1.54, 1.807) is 24.3 Å². The van der Waals surface area contributed by atoms with Crippen LogP contribution >= 0.6 is 0 Å². The number of anilines is 2. The summed E-state index contributed by atoms with van der Waals surface area (Å²) in [6.07, 6.45) is 0. The van der Waals surface area contributed by atoms with Gasteiger partial charge in [-0.1, -0.05) is 42.5 Å². The number of nitrogens with zero attached hydrogens (tertiary/aromatic N) is 1. The fourth-order valence-corrected chi connectivity index (χ4v) is 4.06. The average molecular weight is 471 g/mol. The first kappa shape index (κ1) is 23.7. The zero-order chi connectivity index (χ0) is 25.1. The minimum absolute atomic E-state index is 0.312. The van der Waals surface area contributed by atoms with Gasteiger partial charge in [0.25, 0.3) is 5.91 Å². The Kier molecular flexibility index (Phi) is 6.66. The van der Waals surface area contributed by atoms with E-state index in [4.69, 9.17) is 10.5 Å². The maximum Gasteiger partial charge on any atom is 0.337 e. The highest BCUT2D eigenvalue weighted by Crippen LogP contribution is 2.38. The summed E-state index contributed by atoms with van der Waals surface area (Å²) in [5.41, 5.74) is 10.7. The first-order valence-corrected chi connectivity index (χ1v) is 11.0. The van der Waals surface area contributed by atoms with Gasteiger partial charge in [0.2, 0.25) is 5.91 Å². The van der Waals surface area contributed by atoms with Gasteiger partial charge in [0.15, 0.2) is 0 Å². The van der Waals surface area contributed by atoms with Gasteiger partial charge >= 0.3 is 5.97 Å². The quantitative estimate of drug-likeness (QED) is 0.359. The molecule has 1 heterocycles. The summed E-state index contributed by atoms with van der Waals surface area (Å²) in [6, 6.07) is 19.7. The number of methoxy groups -OCH3 is 1. The van der Waals surface area contributed by atoms with Crippen molar-refractivity contribution in [2.75, 3.05) is 31.8 Å². The van der Waals surface area contributed by atoms with Crippen LogP contribution in [0.15, 0.2) is 66.7 Å². The summed E-state index contributed by atoms with van der Waals surface area (Å²) in [5, 5.41) is 6.18. The summed E-state index contributed by atoms with van der Waals surface area (Å²) in [5.74, 6) is -1.33. The van der Waals surface area contributed by atoms with E-state index in [9.17, 15) is 14.4 Å². The Hall–Kier alpha value is -4.43. The molecule has 35 heavy (non-hydrogen) atoms. The third-order valence-corrected chi connectivity index (χ3v) is 5.63. The zero-order valence-electron chi connectivity index (χ0n) is 19.7. The molecule has 0 fully saturated rings. The van der Waals surface area contributed by atoms with Gasteiger partial charge in [-0.15, -0.1) is 0 Å². The molecule has 3 aromatic carbocycles. The van der Waals surface area contributed by atoms with Gasteiger partial charge < -0.3 is 26.0 Å². The van der Waals surface area contributed by atoms with Crippen LogP contribution in [0.3, 0.4) is 0 Å². The predicted octanol–water partition coefficient (Wildman–Crippen LogP) is 3.57. The second kappa shape index (κ2) is 9.82. The van der Waals surface area contributed by atoms with Crippen molar-refractivity contribution in [1.82, 2.24) is 4.90 Å². The lowest BCUT2D eigenvalue weighted by Gasteiger charge is -2.17. The Balaban J connectivity index is 1.84. The number of nitrogens with two attached hydrogens (primary N) is 1. The molecular formula is C27H26N4O4. The number of nitrogens with one attached hydrogen (secondary N) is 2. The van der Waals surface area contributed by atoms with Crippen molar-refractivity contribution in [1.29, 1.82) is 0 Å². The van der Waals surface area contributed by atoms with Crippen LogP contribution < -0.4 is 16.4 Å². The SMILES string of the molecule is COC(=O)c1ccc2c(c1)NC(=O)C2=C(Nc1ccc(CN(C)C)c(C(N)=O)c1)c1ccccc1. The Bertz CT molecular complexity index is 1350. The second-order valence-electron chi connectivity index (χ2n) is 8.42. The molecule has 0 unspecified atom stereocenters. The first-order chi connectivity index (χ1) is 16.8. The molecule has 2 amide bonds. The summed E-state index contributed by atoms with van der Waals surface area (Å²) < 4.78 is 4.79. The van der Waals surface area contributed by atoms with E-state index in [0.717, 1.165) is 11.1 Å². The number of amides is 2. The Labute approximate surface area is 203 Å². The number of primary amides is 1. The van der Waals surface area contributed by atoms with Crippen molar-refractivity contribution >= 4 is 40.4 Å². The number of esters is 1. The fraction of sp³-hybridized carbons (Fsp3) is 0.148. The summed E-state index contributed by atoms with van der Waals surface area (Å²) in [7, 11) is 5.13. The third kappa shape index (κ3) is 4.92. The summed E-state index contributed by atoms with van der Waals surface area (Å²) in [6.45, 7) is 0.559. The summed E-state index contributed by atoms with van der Waals surface area (Å²) >= 11 is 0. The number of carbonyl (C=O) groups excluding carboxylic acids is 3. The van der Waals surface area contributed by atoms with E-state index in [2.05, 4.69) is 10.6 Å². The van der Waals surface area contributed by atoms with Gasteiger partial charge in [-0.25, -0.2) is 4.79 Å². The highest BCUT2D eigenvalue weighted by molar-refractivity contribution is 6.37. The van der Waals surface area contributed by atoms with E-state index < -0.39 is 11.9 Å². The maximum absolute atomic E-state index is 13.1. The predicted molar refractivity (Wildman–Crippen MR) is 136 cm³/mol. The topological polar surface area (TPSA) is 114 Å². The molecule has 0 spiro atoms. The molecule has 8 nitrogen and oxygen atoms in total. The fourth-order valence-electron chi connectivity index (χ4n) is 4.06. The Morgan fingerprint density at radius 2 is 1.74 bits per heavy atom. The Morgan fingerprint density at radius 1 is 1.00 bits per heavy atom. The standard InChI is InChI=1S/C27H26N4O4/c1-31(2)15-18-9-11-19(14-21(18)25(28)32)29-24(16-7-5-4-6-8-16)23-20-12-10-17(27(34)35-3)13-22(20)30-26(23)33/h4-14,29H,15H2,1-3H3,(H2,28,32)(H,30,33). The van der Waals surface area contributed by atoms with Crippen LogP contribution in [0, 0.1) is 0 Å². The molecule has 1 aliphatic rings. The number of carbonyl (C=O) groups is 3. The normalized spacial score (nSPS) is 13.8. The maximum atomic E-state index is 13.1. The second-order valence-corrected chi connectivity index (χ2v) is 8.42. The highest BCUT2D eigenvalue weighted by Gasteiger charge is 2.29. The molecule has 8 heteroatoms. The van der Waals surface area contributed by atoms with Crippen LogP contribution in [-0.2, 0) is 16.1 Å². The Morgan fingerprint density at radius 3 is 2.40 bits per heavy atom. The first-order valence-electron chi connectivity index (χ1n) is 11.0. The molecule has 0 radical (unpaired) electrons. The molecule has 178 valence electrons. The van der Waals surface area contributed by atoms with Gasteiger partial charge in [0, 0.05) is 23.4 Å². The monoisotopic (exact) mass is 470 g/mol. The van der Waals surface area contributed by atoms with Crippen LogP contribution in [0.25, 0.3) is 11.3 Å². The molecular weight excluding hydrogens is 444 g/mol. The molecule has 3 aromatic rings. The highest BCUT2D eigenvalue weighted by atomic mass is 16.5. The number of fused-ring (bicyclic) bond motifs is 1. The molecule has 4 N–H and O–H groups in total.